The lowest BCUT2D eigenvalue weighted by molar-refractivity contribution is 0.0331. The Morgan fingerprint density at radius 3 is 2.58 bits per heavy atom. The van der Waals surface area contributed by atoms with Crippen molar-refractivity contribution < 1.29 is 4.74 Å². The highest BCUT2D eigenvalue weighted by Crippen LogP contribution is 2.35. The Balaban J connectivity index is 1.62. The molecule has 0 amide bonds. The molecule has 0 unspecified atom stereocenters. The van der Waals surface area contributed by atoms with Gasteiger partial charge in [-0.05, 0) is 51.0 Å². The van der Waals surface area contributed by atoms with Gasteiger partial charge in [0.2, 0.25) is 0 Å². The number of aryl methyl sites for hydroxylation is 2. The molecular formula is C20H30N4OS. The number of fused-ring (bicyclic) bond motifs is 1. The predicted molar refractivity (Wildman–Crippen MR) is 108 cm³/mol. The summed E-state index contributed by atoms with van der Waals surface area (Å²) < 4.78 is 5.47. The fourth-order valence-corrected chi connectivity index (χ4v) is 5.07. The number of ether oxygens (including phenoxy) is 1. The summed E-state index contributed by atoms with van der Waals surface area (Å²) in [5.74, 6) is 2.85. The van der Waals surface area contributed by atoms with E-state index in [0.717, 1.165) is 55.2 Å². The van der Waals surface area contributed by atoms with Gasteiger partial charge in [0.1, 0.15) is 16.5 Å². The second-order valence-electron chi connectivity index (χ2n) is 7.94. The van der Waals surface area contributed by atoms with Crippen LogP contribution in [0.4, 0.5) is 5.82 Å². The highest BCUT2D eigenvalue weighted by molar-refractivity contribution is 7.18. The molecule has 1 aliphatic carbocycles. The fraction of sp³-hybridized carbons (Fsp3) is 0.700. The van der Waals surface area contributed by atoms with E-state index in [2.05, 4.69) is 31.0 Å². The van der Waals surface area contributed by atoms with Gasteiger partial charge in [0.05, 0.1) is 25.1 Å². The monoisotopic (exact) mass is 374 g/mol. The number of anilines is 1. The largest absolute Gasteiger partial charge is 0.379 e. The van der Waals surface area contributed by atoms with Crippen molar-refractivity contribution >= 4 is 27.4 Å². The molecule has 0 aromatic carbocycles. The van der Waals surface area contributed by atoms with Crippen LogP contribution in [0.15, 0.2) is 0 Å². The standard InChI is InChI=1S/C20H30N4OS/c1-13-4-6-16(7-5-13)21-19-18-14(2)15(3)26-20(18)23-17(22-19)12-24-8-10-25-11-9-24/h13,16H,4-12H2,1-3H3,(H,21,22,23). The number of aromatic nitrogens is 2. The Hall–Kier alpha value is -1.24. The lowest BCUT2D eigenvalue weighted by atomic mass is 9.87. The van der Waals surface area contributed by atoms with E-state index in [1.807, 2.05) is 0 Å². The van der Waals surface area contributed by atoms with Crippen molar-refractivity contribution in [2.45, 2.75) is 59.0 Å². The minimum absolute atomic E-state index is 0.542. The highest BCUT2D eigenvalue weighted by atomic mass is 32.1. The van der Waals surface area contributed by atoms with Crippen LogP contribution in [0, 0.1) is 19.8 Å². The molecule has 0 radical (unpaired) electrons. The second-order valence-corrected chi connectivity index (χ2v) is 9.14. The zero-order valence-corrected chi connectivity index (χ0v) is 17.0. The normalized spacial score (nSPS) is 24.9. The van der Waals surface area contributed by atoms with Crippen molar-refractivity contribution in [3.63, 3.8) is 0 Å². The number of nitrogens with one attached hydrogen (secondary N) is 1. The molecule has 1 saturated carbocycles. The molecule has 2 aromatic rings. The molecule has 1 saturated heterocycles. The van der Waals surface area contributed by atoms with Gasteiger partial charge < -0.3 is 10.1 Å². The number of morpholine rings is 1. The zero-order valence-electron chi connectivity index (χ0n) is 16.2. The molecule has 0 bridgehead atoms. The quantitative estimate of drug-likeness (QED) is 0.872. The molecule has 1 N–H and O–H groups in total. The van der Waals surface area contributed by atoms with E-state index < -0.39 is 0 Å². The van der Waals surface area contributed by atoms with Crippen LogP contribution in [-0.4, -0.2) is 47.2 Å². The van der Waals surface area contributed by atoms with E-state index in [9.17, 15) is 0 Å². The summed E-state index contributed by atoms with van der Waals surface area (Å²) in [6.07, 6.45) is 5.11. The number of nitrogens with zero attached hydrogens (tertiary/aromatic N) is 3. The summed E-state index contributed by atoms with van der Waals surface area (Å²) in [5.41, 5.74) is 1.33. The summed E-state index contributed by atoms with van der Waals surface area (Å²) >= 11 is 1.80. The second kappa shape index (κ2) is 7.79. The smallest absolute Gasteiger partial charge is 0.146 e. The predicted octanol–water partition coefficient (Wildman–Crippen LogP) is 4.13. The summed E-state index contributed by atoms with van der Waals surface area (Å²) in [7, 11) is 0. The molecule has 2 fully saturated rings. The van der Waals surface area contributed by atoms with Gasteiger partial charge in [0, 0.05) is 24.0 Å². The molecule has 0 atom stereocenters. The van der Waals surface area contributed by atoms with Gasteiger partial charge in [-0.1, -0.05) is 6.92 Å². The van der Waals surface area contributed by atoms with E-state index in [1.54, 1.807) is 11.3 Å². The van der Waals surface area contributed by atoms with Gasteiger partial charge in [0.15, 0.2) is 0 Å². The van der Waals surface area contributed by atoms with Crippen molar-refractivity contribution in [3.05, 3.63) is 16.3 Å². The Morgan fingerprint density at radius 2 is 1.85 bits per heavy atom. The maximum atomic E-state index is 5.47. The first kappa shape index (κ1) is 18.1. The van der Waals surface area contributed by atoms with Crippen molar-refractivity contribution in [1.82, 2.24) is 14.9 Å². The summed E-state index contributed by atoms with van der Waals surface area (Å²) in [5, 5.41) is 5.02. The van der Waals surface area contributed by atoms with Crippen LogP contribution in [0.2, 0.25) is 0 Å². The lowest BCUT2D eigenvalue weighted by Gasteiger charge is -2.28. The number of thiophene rings is 1. The van der Waals surface area contributed by atoms with E-state index in [4.69, 9.17) is 14.7 Å². The van der Waals surface area contributed by atoms with Gasteiger partial charge in [0.25, 0.3) is 0 Å². The molecule has 6 heteroatoms. The van der Waals surface area contributed by atoms with Crippen LogP contribution in [0.5, 0.6) is 0 Å². The first-order valence-corrected chi connectivity index (χ1v) is 10.7. The van der Waals surface area contributed by atoms with Crippen molar-refractivity contribution in [3.8, 4) is 0 Å². The first-order valence-electron chi connectivity index (χ1n) is 9.93. The van der Waals surface area contributed by atoms with E-state index >= 15 is 0 Å². The maximum Gasteiger partial charge on any atom is 0.146 e. The molecule has 2 aromatic heterocycles. The van der Waals surface area contributed by atoms with E-state index in [0.29, 0.717) is 6.04 Å². The van der Waals surface area contributed by atoms with Crippen molar-refractivity contribution in [2.75, 3.05) is 31.6 Å². The zero-order chi connectivity index (χ0) is 18.1. The molecule has 1 aliphatic heterocycles. The van der Waals surface area contributed by atoms with Crippen LogP contribution >= 0.6 is 11.3 Å². The van der Waals surface area contributed by atoms with E-state index in [-0.39, 0.29) is 0 Å². The van der Waals surface area contributed by atoms with Crippen molar-refractivity contribution in [2.24, 2.45) is 5.92 Å². The molecule has 4 rings (SSSR count). The first-order chi connectivity index (χ1) is 12.6. The summed E-state index contributed by atoms with van der Waals surface area (Å²) in [6.45, 7) is 11.1. The molecule has 142 valence electrons. The topological polar surface area (TPSA) is 50.3 Å². The van der Waals surface area contributed by atoms with Gasteiger partial charge >= 0.3 is 0 Å². The molecular weight excluding hydrogens is 344 g/mol. The lowest BCUT2D eigenvalue weighted by Crippen LogP contribution is -2.36. The van der Waals surface area contributed by atoms with Crippen LogP contribution in [0.1, 0.15) is 48.9 Å². The van der Waals surface area contributed by atoms with Crippen LogP contribution in [-0.2, 0) is 11.3 Å². The summed E-state index contributed by atoms with van der Waals surface area (Å²) in [6, 6.07) is 0.542. The minimum Gasteiger partial charge on any atom is -0.379 e. The molecule has 26 heavy (non-hydrogen) atoms. The third-order valence-electron chi connectivity index (χ3n) is 5.90. The average molecular weight is 375 g/mol. The third kappa shape index (κ3) is 3.87. The van der Waals surface area contributed by atoms with Gasteiger partial charge in [-0.3, -0.25) is 4.90 Å². The fourth-order valence-electron chi connectivity index (χ4n) is 4.03. The summed E-state index contributed by atoms with van der Waals surface area (Å²) in [4.78, 5) is 14.8. The maximum absolute atomic E-state index is 5.47. The minimum atomic E-state index is 0.542. The molecule has 0 spiro atoms. The number of hydrogen-bond acceptors (Lipinski definition) is 6. The average Bonchev–Trinajstić information content (AvgIpc) is 2.92. The number of rotatable bonds is 4. The van der Waals surface area contributed by atoms with Gasteiger partial charge in [-0.15, -0.1) is 11.3 Å². The Morgan fingerprint density at radius 1 is 1.12 bits per heavy atom. The molecule has 2 aliphatic rings. The molecule has 3 heterocycles. The Labute approximate surface area is 160 Å². The van der Waals surface area contributed by atoms with Crippen LogP contribution in [0.3, 0.4) is 0 Å². The van der Waals surface area contributed by atoms with Gasteiger partial charge in [-0.2, -0.15) is 0 Å². The SMILES string of the molecule is Cc1sc2nc(CN3CCOCC3)nc(NC3CCC(C)CC3)c2c1C. The van der Waals surface area contributed by atoms with Crippen LogP contribution in [0.25, 0.3) is 10.2 Å². The van der Waals surface area contributed by atoms with Crippen molar-refractivity contribution in [1.29, 1.82) is 0 Å². The number of hydrogen-bond donors (Lipinski definition) is 1. The van der Waals surface area contributed by atoms with Crippen LogP contribution < -0.4 is 5.32 Å². The molecule has 5 nitrogen and oxygen atoms in total. The Bertz CT molecular complexity index is 761. The van der Waals surface area contributed by atoms with E-state index in [1.165, 1.54) is 41.5 Å². The highest BCUT2D eigenvalue weighted by Gasteiger charge is 2.22. The third-order valence-corrected chi connectivity index (χ3v) is 7.00. The Kier molecular flexibility index (Phi) is 5.43. The van der Waals surface area contributed by atoms with Gasteiger partial charge in [-0.25, -0.2) is 9.97 Å².